The van der Waals surface area contributed by atoms with Crippen LogP contribution >= 0.6 is 0 Å². The monoisotopic (exact) mass is 349 g/mol. The number of hydrogen-bond donors (Lipinski definition) is 0. The van der Waals surface area contributed by atoms with Crippen molar-refractivity contribution in [2.45, 2.75) is 6.42 Å². The van der Waals surface area contributed by atoms with Crippen molar-refractivity contribution >= 4 is 22.0 Å². The Balaban J connectivity index is 1.92. The Hall–Kier alpha value is -3.21. The van der Waals surface area contributed by atoms with Gasteiger partial charge in [-0.05, 0) is 23.8 Å². The molecule has 0 aliphatic heterocycles. The highest BCUT2D eigenvalue weighted by Gasteiger charge is 2.16. The highest BCUT2D eigenvalue weighted by atomic mass is 16.5. The third-order valence-corrected chi connectivity index (χ3v) is 4.53. The second-order valence-corrected chi connectivity index (χ2v) is 5.97. The zero-order valence-electron chi connectivity index (χ0n) is 14.9. The van der Waals surface area contributed by atoms with Gasteiger partial charge in [-0.25, -0.2) is 4.98 Å². The van der Waals surface area contributed by atoms with E-state index in [1.165, 1.54) is 0 Å². The Labute approximate surface area is 151 Å². The number of hydrogen-bond acceptors (Lipinski definition) is 5. The van der Waals surface area contributed by atoms with Crippen LogP contribution in [0.1, 0.15) is 11.1 Å². The van der Waals surface area contributed by atoms with Gasteiger partial charge >= 0.3 is 0 Å². The first-order valence-corrected chi connectivity index (χ1v) is 8.28. The van der Waals surface area contributed by atoms with E-state index >= 15 is 0 Å². The summed E-state index contributed by atoms with van der Waals surface area (Å²) >= 11 is 0. The Bertz CT molecular complexity index is 1070. The summed E-state index contributed by atoms with van der Waals surface area (Å²) in [5.74, 6) is 2.16. The zero-order chi connectivity index (χ0) is 18.1. The van der Waals surface area contributed by atoms with Gasteiger partial charge in [0.05, 0.1) is 33.1 Å². The van der Waals surface area contributed by atoms with Crippen molar-refractivity contribution in [3.8, 4) is 17.2 Å². The van der Waals surface area contributed by atoms with Gasteiger partial charge in [0.1, 0.15) is 11.3 Å². The fraction of sp³-hybridized carbons (Fsp3) is 0.190. The van der Waals surface area contributed by atoms with Crippen molar-refractivity contribution in [2.24, 2.45) is 0 Å². The first kappa shape index (κ1) is 16.3. The Morgan fingerprint density at radius 3 is 2.27 bits per heavy atom. The van der Waals surface area contributed by atoms with E-state index < -0.39 is 0 Å². The molecule has 0 aliphatic carbocycles. The predicted molar refractivity (Wildman–Crippen MR) is 100 cm³/mol. The molecule has 26 heavy (non-hydrogen) atoms. The van der Waals surface area contributed by atoms with Gasteiger partial charge in [-0.1, -0.05) is 12.1 Å². The molecule has 0 amide bonds. The molecule has 0 saturated carbocycles. The maximum atomic E-state index is 5.75. The number of fused-ring (bicyclic) bond motifs is 2. The van der Waals surface area contributed by atoms with Crippen LogP contribution in [0.25, 0.3) is 22.0 Å². The van der Waals surface area contributed by atoms with Crippen LogP contribution < -0.4 is 14.2 Å². The normalized spacial score (nSPS) is 11.0. The van der Waals surface area contributed by atoms with Crippen molar-refractivity contribution < 1.29 is 18.6 Å². The van der Waals surface area contributed by atoms with E-state index in [1.54, 1.807) is 27.6 Å². The van der Waals surface area contributed by atoms with Crippen molar-refractivity contribution in [3.05, 3.63) is 59.9 Å². The van der Waals surface area contributed by atoms with Crippen LogP contribution in [0.4, 0.5) is 0 Å². The highest BCUT2D eigenvalue weighted by molar-refractivity contribution is 5.96. The summed E-state index contributed by atoms with van der Waals surface area (Å²) in [6, 6.07) is 13.8. The topological polar surface area (TPSA) is 53.7 Å². The zero-order valence-corrected chi connectivity index (χ0v) is 14.9. The molecule has 5 nitrogen and oxygen atoms in total. The Morgan fingerprint density at radius 2 is 1.58 bits per heavy atom. The maximum absolute atomic E-state index is 5.75. The summed E-state index contributed by atoms with van der Waals surface area (Å²) in [6.07, 6.45) is 2.38. The molecule has 0 saturated heterocycles. The molecule has 132 valence electrons. The minimum Gasteiger partial charge on any atom is -0.497 e. The van der Waals surface area contributed by atoms with Crippen LogP contribution in [0.15, 0.2) is 53.1 Å². The van der Waals surface area contributed by atoms with E-state index in [4.69, 9.17) is 23.6 Å². The third-order valence-electron chi connectivity index (χ3n) is 4.53. The first-order chi connectivity index (χ1) is 12.7. The fourth-order valence-electron chi connectivity index (χ4n) is 3.19. The predicted octanol–water partition coefficient (Wildman–Crippen LogP) is 4.60. The van der Waals surface area contributed by atoms with Crippen LogP contribution in [-0.2, 0) is 6.42 Å². The van der Waals surface area contributed by atoms with Crippen molar-refractivity contribution in [3.63, 3.8) is 0 Å². The van der Waals surface area contributed by atoms with Gasteiger partial charge in [-0.3, -0.25) is 0 Å². The van der Waals surface area contributed by atoms with E-state index in [1.807, 2.05) is 30.3 Å². The number of pyridine rings is 1. The summed E-state index contributed by atoms with van der Waals surface area (Å²) in [6.45, 7) is 0. The molecule has 0 atom stereocenters. The molecule has 0 radical (unpaired) electrons. The second kappa shape index (κ2) is 6.59. The molecule has 4 rings (SSSR count). The van der Waals surface area contributed by atoms with Crippen molar-refractivity contribution in [2.75, 3.05) is 21.3 Å². The van der Waals surface area contributed by atoms with Gasteiger partial charge in [-0.15, -0.1) is 0 Å². The number of benzene rings is 2. The van der Waals surface area contributed by atoms with Crippen molar-refractivity contribution in [1.82, 2.24) is 4.98 Å². The fourth-order valence-corrected chi connectivity index (χ4v) is 3.19. The molecular formula is C21H19NO4. The molecule has 0 spiro atoms. The Morgan fingerprint density at radius 1 is 0.846 bits per heavy atom. The number of ether oxygens (including phenoxy) is 3. The minimum atomic E-state index is 0.658. The minimum absolute atomic E-state index is 0.658. The van der Waals surface area contributed by atoms with Crippen LogP contribution in [0, 0.1) is 0 Å². The molecule has 2 heterocycles. The average Bonchev–Trinajstić information content (AvgIpc) is 3.15. The Kier molecular flexibility index (Phi) is 4.13. The molecule has 2 aromatic carbocycles. The SMILES string of the molecule is COc1ccc(Cc2c3cc(OC)c(OC)cc3nc3ccoc23)cc1. The lowest BCUT2D eigenvalue weighted by Crippen LogP contribution is -1.96. The van der Waals surface area contributed by atoms with Gasteiger partial charge in [-0.2, -0.15) is 0 Å². The van der Waals surface area contributed by atoms with E-state index in [0.717, 1.165) is 38.9 Å². The molecule has 2 aromatic heterocycles. The molecule has 5 heteroatoms. The quantitative estimate of drug-likeness (QED) is 0.527. The number of furan rings is 1. The largest absolute Gasteiger partial charge is 0.497 e. The van der Waals surface area contributed by atoms with Crippen molar-refractivity contribution in [1.29, 1.82) is 0 Å². The average molecular weight is 349 g/mol. The van der Waals surface area contributed by atoms with Gasteiger partial charge in [0.25, 0.3) is 0 Å². The molecule has 0 aliphatic rings. The number of rotatable bonds is 5. The summed E-state index contributed by atoms with van der Waals surface area (Å²) in [4.78, 5) is 4.70. The van der Waals surface area contributed by atoms with Crippen LogP contribution in [-0.4, -0.2) is 26.3 Å². The molecule has 4 aromatic rings. The van der Waals surface area contributed by atoms with Gasteiger partial charge < -0.3 is 18.6 Å². The van der Waals surface area contributed by atoms with E-state index in [9.17, 15) is 0 Å². The number of aromatic nitrogens is 1. The van der Waals surface area contributed by atoms with Crippen LogP contribution in [0.5, 0.6) is 17.2 Å². The third kappa shape index (κ3) is 2.71. The number of nitrogens with zero attached hydrogens (tertiary/aromatic N) is 1. The molecule has 0 bridgehead atoms. The smallest absolute Gasteiger partial charge is 0.162 e. The first-order valence-electron chi connectivity index (χ1n) is 8.28. The van der Waals surface area contributed by atoms with Crippen LogP contribution in [0.3, 0.4) is 0 Å². The van der Waals surface area contributed by atoms with E-state index in [-0.39, 0.29) is 0 Å². The molecule has 0 N–H and O–H groups in total. The highest BCUT2D eigenvalue weighted by Crippen LogP contribution is 2.36. The summed E-state index contributed by atoms with van der Waals surface area (Å²) in [7, 11) is 4.92. The number of methoxy groups -OCH3 is 3. The van der Waals surface area contributed by atoms with E-state index in [0.29, 0.717) is 17.9 Å². The molecule has 0 fully saturated rings. The second-order valence-electron chi connectivity index (χ2n) is 5.97. The summed E-state index contributed by atoms with van der Waals surface area (Å²) < 4.78 is 21.9. The van der Waals surface area contributed by atoms with E-state index in [2.05, 4.69) is 12.1 Å². The maximum Gasteiger partial charge on any atom is 0.162 e. The summed E-state index contributed by atoms with van der Waals surface area (Å²) in [5.41, 5.74) is 4.70. The molecular weight excluding hydrogens is 330 g/mol. The lowest BCUT2D eigenvalue weighted by molar-refractivity contribution is 0.356. The van der Waals surface area contributed by atoms with Crippen LogP contribution in [0.2, 0.25) is 0 Å². The van der Waals surface area contributed by atoms with Gasteiger partial charge in [0, 0.05) is 29.5 Å². The lowest BCUT2D eigenvalue weighted by Gasteiger charge is -2.12. The van der Waals surface area contributed by atoms with Gasteiger partial charge in [0.2, 0.25) is 0 Å². The standard InChI is InChI=1S/C21H19NO4/c1-23-14-6-4-13(5-7-14)10-16-15-11-19(24-2)20(25-3)12-18(15)22-17-8-9-26-21(16)17/h4-9,11-12H,10H2,1-3H3. The molecule has 0 unspecified atom stereocenters. The van der Waals surface area contributed by atoms with Gasteiger partial charge in [0.15, 0.2) is 17.1 Å². The summed E-state index contributed by atoms with van der Waals surface area (Å²) in [5, 5.41) is 0.987. The lowest BCUT2D eigenvalue weighted by atomic mass is 9.99.